The zero-order chi connectivity index (χ0) is 13.1. The van der Waals surface area contributed by atoms with E-state index in [0.717, 1.165) is 10.6 Å². The Balaban J connectivity index is 2.08. The van der Waals surface area contributed by atoms with Crippen molar-refractivity contribution >= 4 is 11.6 Å². The Morgan fingerprint density at radius 1 is 1.22 bits per heavy atom. The summed E-state index contributed by atoms with van der Waals surface area (Å²) in [5.41, 5.74) is 2.30. The molecule has 1 aromatic carbocycles. The zero-order valence-corrected chi connectivity index (χ0v) is 11.6. The number of aromatic nitrogens is 2. The molecule has 0 amide bonds. The minimum Gasteiger partial charge on any atom is -0.303 e. The predicted molar refractivity (Wildman–Crippen MR) is 74.6 cm³/mol. The molecule has 0 radical (unpaired) electrons. The van der Waals surface area contributed by atoms with Crippen LogP contribution in [0.2, 0.25) is 5.02 Å². The number of rotatable bonds is 4. The third-order valence-corrected chi connectivity index (χ3v) is 3.44. The Labute approximate surface area is 113 Å². The second-order valence-corrected chi connectivity index (χ2v) is 4.99. The minimum atomic E-state index is 0.203. The highest BCUT2D eigenvalue weighted by atomic mass is 35.5. The maximum atomic E-state index is 6.20. The smallest absolute Gasteiger partial charge is 0.0537 e. The molecule has 1 aromatic heterocycles. The Morgan fingerprint density at radius 2 is 1.94 bits per heavy atom. The molecule has 4 heteroatoms. The fourth-order valence-corrected chi connectivity index (χ4v) is 2.35. The van der Waals surface area contributed by atoms with E-state index in [-0.39, 0.29) is 12.1 Å². The van der Waals surface area contributed by atoms with Crippen LogP contribution in [0.15, 0.2) is 36.7 Å². The lowest BCUT2D eigenvalue weighted by atomic mass is 10.1. The summed E-state index contributed by atoms with van der Waals surface area (Å²) in [6, 6.07) is 8.37. The van der Waals surface area contributed by atoms with Gasteiger partial charge in [-0.3, -0.25) is 4.68 Å². The minimum absolute atomic E-state index is 0.203. The number of nitrogens with zero attached hydrogens (tertiary/aromatic N) is 2. The van der Waals surface area contributed by atoms with E-state index < -0.39 is 0 Å². The molecular weight excluding hydrogens is 246 g/mol. The van der Waals surface area contributed by atoms with E-state index in [0.29, 0.717) is 0 Å². The van der Waals surface area contributed by atoms with Gasteiger partial charge < -0.3 is 5.32 Å². The van der Waals surface area contributed by atoms with E-state index in [9.17, 15) is 0 Å². The third-order valence-electron chi connectivity index (χ3n) is 3.10. The van der Waals surface area contributed by atoms with E-state index in [2.05, 4.69) is 30.3 Å². The Bertz CT molecular complexity index is 521. The summed E-state index contributed by atoms with van der Waals surface area (Å²) in [6.07, 6.45) is 3.91. The standard InChI is InChI=1S/C14H18ClN3/c1-10(12-8-16-18(3)9-12)17-11(2)13-6-4-5-7-14(13)15/h4-11,17H,1-3H3/t10?,11-/m0/s1. The van der Waals surface area contributed by atoms with Crippen molar-refractivity contribution in [3.63, 3.8) is 0 Å². The van der Waals surface area contributed by atoms with Crippen LogP contribution in [0.4, 0.5) is 0 Å². The molecule has 1 unspecified atom stereocenters. The number of halogens is 1. The van der Waals surface area contributed by atoms with Crippen LogP contribution in [-0.2, 0) is 7.05 Å². The van der Waals surface area contributed by atoms with Crippen LogP contribution in [0, 0.1) is 0 Å². The Hall–Kier alpha value is -1.32. The van der Waals surface area contributed by atoms with Gasteiger partial charge in [-0.2, -0.15) is 5.10 Å². The molecule has 96 valence electrons. The van der Waals surface area contributed by atoms with Gasteiger partial charge in [-0.1, -0.05) is 29.8 Å². The molecule has 2 aromatic rings. The summed E-state index contributed by atoms with van der Waals surface area (Å²) in [6.45, 7) is 4.25. The van der Waals surface area contributed by atoms with Gasteiger partial charge in [0.2, 0.25) is 0 Å². The van der Waals surface area contributed by atoms with Crippen molar-refractivity contribution in [3.8, 4) is 0 Å². The maximum Gasteiger partial charge on any atom is 0.0537 e. The van der Waals surface area contributed by atoms with E-state index >= 15 is 0 Å². The van der Waals surface area contributed by atoms with Crippen LogP contribution in [0.5, 0.6) is 0 Å². The highest BCUT2D eigenvalue weighted by Crippen LogP contribution is 2.24. The lowest BCUT2D eigenvalue weighted by molar-refractivity contribution is 0.494. The molecule has 3 nitrogen and oxygen atoms in total. The highest BCUT2D eigenvalue weighted by Gasteiger charge is 2.14. The second kappa shape index (κ2) is 5.55. The fraction of sp³-hybridized carbons (Fsp3) is 0.357. The van der Waals surface area contributed by atoms with Gasteiger partial charge in [-0.15, -0.1) is 0 Å². The SMILES string of the molecule is CC(N[C@@H](C)c1ccccc1Cl)c1cnn(C)c1. The molecule has 1 heterocycles. The van der Waals surface area contributed by atoms with Crippen LogP contribution in [0.25, 0.3) is 0 Å². The molecule has 0 aliphatic heterocycles. The molecule has 0 saturated heterocycles. The van der Waals surface area contributed by atoms with Gasteiger partial charge in [0.1, 0.15) is 0 Å². The summed E-state index contributed by atoms with van der Waals surface area (Å²) in [5.74, 6) is 0. The molecule has 0 saturated carbocycles. The van der Waals surface area contributed by atoms with Crippen molar-refractivity contribution in [2.24, 2.45) is 7.05 Å². The number of hydrogen-bond donors (Lipinski definition) is 1. The van der Waals surface area contributed by atoms with Gasteiger partial charge in [-0.25, -0.2) is 0 Å². The van der Waals surface area contributed by atoms with Crippen molar-refractivity contribution in [1.82, 2.24) is 15.1 Å². The highest BCUT2D eigenvalue weighted by molar-refractivity contribution is 6.31. The lowest BCUT2D eigenvalue weighted by Gasteiger charge is -2.20. The van der Waals surface area contributed by atoms with Gasteiger partial charge in [0, 0.05) is 35.9 Å². The van der Waals surface area contributed by atoms with Gasteiger partial charge in [0.05, 0.1) is 6.20 Å². The molecule has 0 aliphatic carbocycles. The first-order chi connectivity index (χ1) is 8.58. The molecule has 0 aliphatic rings. The third kappa shape index (κ3) is 2.92. The molecular formula is C14H18ClN3. The molecule has 2 atom stereocenters. The van der Waals surface area contributed by atoms with Crippen LogP contribution < -0.4 is 5.32 Å². The van der Waals surface area contributed by atoms with E-state index in [1.54, 1.807) is 0 Å². The summed E-state index contributed by atoms with van der Waals surface area (Å²) >= 11 is 6.20. The Kier molecular flexibility index (Phi) is 4.04. The average Bonchev–Trinajstić information content (AvgIpc) is 2.76. The molecule has 18 heavy (non-hydrogen) atoms. The molecule has 0 bridgehead atoms. The Morgan fingerprint density at radius 3 is 2.56 bits per heavy atom. The quantitative estimate of drug-likeness (QED) is 0.915. The molecule has 1 N–H and O–H groups in total. The van der Waals surface area contributed by atoms with Gasteiger partial charge in [0.15, 0.2) is 0 Å². The van der Waals surface area contributed by atoms with Crippen molar-refractivity contribution in [2.75, 3.05) is 0 Å². The van der Waals surface area contributed by atoms with Crippen LogP contribution in [0.1, 0.15) is 37.1 Å². The van der Waals surface area contributed by atoms with Crippen molar-refractivity contribution in [3.05, 3.63) is 52.8 Å². The van der Waals surface area contributed by atoms with Crippen LogP contribution in [-0.4, -0.2) is 9.78 Å². The van der Waals surface area contributed by atoms with E-state index in [1.165, 1.54) is 5.56 Å². The monoisotopic (exact) mass is 263 g/mol. The first kappa shape index (κ1) is 13.1. The topological polar surface area (TPSA) is 29.9 Å². The number of aryl methyl sites for hydroxylation is 1. The fourth-order valence-electron chi connectivity index (χ4n) is 2.05. The van der Waals surface area contributed by atoms with Crippen molar-refractivity contribution in [1.29, 1.82) is 0 Å². The molecule has 0 fully saturated rings. The zero-order valence-electron chi connectivity index (χ0n) is 10.9. The molecule has 2 rings (SSSR count). The van der Waals surface area contributed by atoms with E-state index in [1.807, 2.05) is 42.3 Å². The summed E-state index contributed by atoms with van der Waals surface area (Å²) in [5, 5.41) is 8.52. The second-order valence-electron chi connectivity index (χ2n) is 4.58. The average molecular weight is 264 g/mol. The van der Waals surface area contributed by atoms with Crippen LogP contribution >= 0.6 is 11.6 Å². The summed E-state index contributed by atoms with van der Waals surface area (Å²) < 4.78 is 1.81. The van der Waals surface area contributed by atoms with Gasteiger partial charge in [0.25, 0.3) is 0 Å². The first-order valence-electron chi connectivity index (χ1n) is 6.07. The first-order valence-corrected chi connectivity index (χ1v) is 6.44. The molecule has 0 spiro atoms. The number of benzene rings is 1. The summed E-state index contributed by atoms with van der Waals surface area (Å²) in [7, 11) is 1.92. The number of nitrogens with one attached hydrogen (secondary N) is 1. The van der Waals surface area contributed by atoms with Gasteiger partial charge >= 0.3 is 0 Å². The van der Waals surface area contributed by atoms with Gasteiger partial charge in [-0.05, 0) is 25.5 Å². The van der Waals surface area contributed by atoms with E-state index in [4.69, 9.17) is 11.6 Å². The van der Waals surface area contributed by atoms with Crippen molar-refractivity contribution in [2.45, 2.75) is 25.9 Å². The summed E-state index contributed by atoms with van der Waals surface area (Å²) in [4.78, 5) is 0. The van der Waals surface area contributed by atoms with Crippen LogP contribution in [0.3, 0.4) is 0 Å². The normalized spacial score (nSPS) is 14.4. The predicted octanol–water partition coefficient (Wildman–Crippen LogP) is 3.49. The maximum absolute atomic E-state index is 6.20. The lowest BCUT2D eigenvalue weighted by Crippen LogP contribution is -2.22. The largest absolute Gasteiger partial charge is 0.303 e. The number of hydrogen-bond acceptors (Lipinski definition) is 2. The van der Waals surface area contributed by atoms with Crippen molar-refractivity contribution < 1.29 is 0 Å².